The summed E-state index contributed by atoms with van der Waals surface area (Å²) >= 11 is 0. The average molecular weight is 359 g/mol. The number of nitrogens with zero attached hydrogens (tertiary/aromatic N) is 3. The molecular weight excluding hydrogens is 330 g/mol. The molecule has 1 heterocycles. The molecule has 2 amide bonds. The van der Waals surface area contributed by atoms with E-state index in [2.05, 4.69) is 15.6 Å². The predicted molar refractivity (Wildman–Crippen MR) is 103 cm³/mol. The lowest BCUT2D eigenvalue weighted by Crippen LogP contribution is -2.44. The Hall–Kier alpha value is -2.57. The Morgan fingerprint density at radius 1 is 1.27 bits per heavy atom. The van der Waals surface area contributed by atoms with E-state index >= 15 is 0 Å². The van der Waals surface area contributed by atoms with Crippen molar-refractivity contribution >= 4 is 17.8 Å². The highest BCUT2D eigenvalue weighted by Gasteiger charge is 2.25. The minimum Gasteiger partial charge on any atom is -0.352 e. The van der Waals surface area contributed by atoms with Crippen molar-refractivity contribution < 1.29 is 9.59 Å². The minimum absolute atomic E-state index is 0.00519. The number of amides is 2. The number of benzene rings is 1. The zero-order chi connectivity index (χ0) is 19.1. The van der Waals surface area contributed by atoms with Gasteiger partial charge in [0, 0.05) is 58.8 Å². The molecule has 0 saturated carbocycles. The summed E-state index contributed by atoms with van der Waals surface area (Å²) in [7, 11) is 5.22. The topological polar surface area (TPSA) is 77.0 Å². The fourth-order valence-electron chi connectivity index (χ4n) is 2.93. The van der Waals surface area contributed by atoms with Crippen molar-refractivity contribution in [3.8, 4) is 0 Å². The predicted octanol–water partition coefficient (Wildman–Crippen LogP) is 1.06. The zero-order valence-electron chi connectivity index (χ0n) is 16.1. The van der Waals surface area contributed by atoms with Gasteiger partial charge in [0.2, 0.25) is 5.91 Å². The molecule has 1 aliphatic heterocycles. The van der Waals surface area contributed by atoms with Gasteiger partial charge in [-0.05, 0) is 24.1 Å². The lowest BCUT2D eigenvalue weighted by Gasteiger charge is -2.19. The molecule has 0 spiro atoms. The summed E-state index contributed by atoms with van der Waals surface area (Å²) in [5.41, 5.74) is 1.74. The van der Waals surface area contributed by atoms with Crippen molar-refractivity contribution in [2.45, 2.75) is 32.4 Å². The number of hydrogen-bond acceptors (Lipinski definition) is 3. The second-order valence-corrected chi connectivity index (χ2v) is 6.65. The highest BCUT2D eigenvalue weighted by atomic mass is 16.2. The first kappa shape index (κ1) is 19.8. The van der Waals surface area contributed by atoms with E-state index in [0.717, 1.165) is 18.5 Å². The Labute approximate surface area is 155 Å². The van der Waals surface area contributed by atoms with Crippen LogP contribution < -0.4 is 10.6 Å². The molecule has 7 heteroatoms. The van der Waals surface area contributed by atoms with Gasteiger partial charge >= 0.3 is 0 Å². The molecule has 1 aliphatic rings. The Morgan fingerprint density at radius 3 is 2.54 bits per heavy atom. The van der Waals surface area contributed by atoms with Crippen molar-refractivity contribution in [1.29, 1.82) is 0 Å². The molecule has 0 aliphatic carbocycles. The van der Waals surface area contributed by atoms with Crippen LogP contribution in [0.25, 0.3) is 0 Å². The molecular formula is C19H29N5O2. The summed E-state index contributed by atoms with van der Waals surface area (Å²) in [6.07, 6.45) is 1.47. The van der Waals surface area contributed by atoms with Crippen LogP contribution in [0.15, 0.2) is 29.3 Å². The molecule has 1 saturated heterocycles. The van der Waals surface area contributed by atoms with Gasteiger partial charge in [0.15, 0.2) is 5.96 Å². The van der Waals surface area contributed by atoms with Crippen LogP contribution in [0.2, 0.25) is 0 Å². The lowest BCUT2D eigenvalue weighted by molar-refractivity contribution is -0.129. The monoisotopic (exact) mass is 359 g/mol. The Balaban J connectivity index is 1.84. The smallest absolute Gasteiger partial charge is 0.253 e. The normalized spacial score (nSPS) is 17.2. The van der Waals surface area contributed by atoms with Crippen LogP contribution in [0, 0.1) is 0 Å². The van der Waals surface area contributed by atoms with E-state index in [0.29, 0.717) is 31.0 Å². The highest BCUT2D eigenvalue weighted by molar-refractivity contribution is 5.93. The lowest BCUT2D eigenvalue weighted by atomic mass is 10.1. The van der Waals surface area contributed by atoms with Crippen LogP contribution in [0.5, 0.6) is 0 Å². The molecule has 1 fully saturated rings. The summed E-state index contributed by atoms with van der Waals surface area (Å²) in [5, 5.41) is 6.66. The van der Waals surface area contributed by atoms with E-state index in [-0.39, 0.29) is 17.9 Å². The minimum atomic E-state index is -0.00519. The maximum atomic E-state index is 11.9. The third-order valence-corrected chi connectivity index (χ3v) is 4.47. The molecule has 1 aromatic carbocycles. The van der Waals surface area contributed by atoms with Crippen LogP contribution in [0.3, 0.4) is 0 Å². The third kappa shape index (κ3) is 5.21. The summed E-state index contributed by atoms with van der Waals surface area (Å²) < 4.78 is 0. The van der Waals surface area contributed by atoms with Crippen LogP contribution >= 0.6 is 0 Å². The van der Waals surface area contributed by atoms with E-state index in [4.69, 9.17) is 0 Å². The summed E-state index contributed by atoms with van der Waals surface area (Å²) in [4.78, 5) is 31.4. The van der Waals surface area contributed by atoms with Crippen LogP contribution in [-0.2, 0) is 11.3 Å². The van der Waals surface area contributed by atoms with E-state index in [1.165, 1.54) is 0 Å². The van der Waals surface area contributed by atoms with Gasteiger partial charge in [-0.25, -0.2) is 0 Å². The zero-order valence-corrected chi connectivity index (χ0v) is 16.1. The second kappa shape index (κ2) is 9.22. The van der Waals surface area contributed by atoms with E-state index in [9.17, 15) is 9.59 Å². The molecule has 7 nitrogen and oxygen atoms in total. The van der Waals surface area contributed by atoms with Gasteiger partial charge < -0.3 is 20.4 Å². The van der Waals surface area contributed by atoms with Gasteiger partial charge in [-0.15, -0.1) is 0 Å². The third-order valence-electron chi connectivity index (χ3n) is 4.47. The standard InChI is InChI=1S/C19H29N5O2/c1-5-17(25)24-11-10-16(13-24)22-19(20-2)21-12-14-6-8-15(9-7-14)18(26)23(3)4/h6-9,16H,5,10-13H2,1-4H3,(H2,20,21,22). The van der Waals surface area contributed by atoms with Gasteiger partial charge in [-0.1, -0.05) is 19.1 Å². The number of hydrogen-bond donors (Lipinski definition) is 2. The van der Waals surface area contributed by atoms with Crippen molar-refractivity contribution in [1.82, 2.24) is 20.4 Å². The number of aliphatic imine (C=N–C) groups is 1. The molecule has 142 valence electrons. The van der Waals surface area contributed by atoms with Crippen LogP contribution in [0.1, 0.15) is 35.7 Å². The number of guanidine groups is 1. The summed E-state index contributed by atoms with van der Waals surface area (Å²) in [6, 6.07) is 7.76. The molecule has 1 atom stereocenters. The Morgan fingerprint density at radius 2 is 1.96 bits per heavy atom. The van der Waals surface area contributed by atoms with E-state index in [1.54, 1.807) is 26.0 Å². The van der Waals surface area contributed by atoms with Crippen molar-refractivity contribution in [3.05, 3.63) is 35.4 Å². The van der Waals surface area contributed by atoms with Crippen molar-refractivity contribution in [2.75, 3.05) is 34.2 Å². The first-order valence-corrected chi connectivity index (χ1v) is 9.00. The number of carbonyl (C=O) groups excluding carboxylic acids is 2. The first-order chi connectivity index (χ1) is 12.4. The van der Waals surface area contributed by atoms with Gasteiger partial charge in [-0.2, -0.15) is 0 Å². The molecule has 1 unspecified atom stereocenters. The molecule has 0 radical (unpaired) electrons. The quantitative estimate of drug-likeness (QED) is 0.609. The number of likely N-dealkylation sites (tertiary alicyclic amines) is 1. The molecule has 0 bridgehead atoms. The molecule has 2 N–H and O–H groups in total. The largest absolute Gasteiger partial charge is 0.352 e. The fraction of sp³-hybridized carbons (Fsp3) is 0.526. The van der Waals surface area contributed by atoms with Crippen LogP contribution in [0.4, 0.5) is 0 Å². The fourth-order valence-corrected chi connectivity index (χ4v) is 2.93. The Bertz CT molecular complexity index is 654. The van der Waals surface area contributed by atoms with Crippen molar-refractivity contribution in [2.24, 2.45) is 4.99 Å². The average Bonchev–Trinajstić information content (AvgIpc) is 3.12. The maximum absolute atomic E-state index is 11.9. The molecule has 2 rings (SSSR count). The summed E-state index contributed by atoms with van der Waals surface area (Å²) in [6.45, 7) is 4.01. The molecule has 1 aromatic rings. The number of nitrogens with one attached hydrogen (secondary N) is 2. The van der Waals surface area contributed by atoms with E-state index < -0.39 is 0 Å². The van der Waals surface area contributed by atoms with E-state index in [1.807, 2.05) is 36.1 Å². The van der Waals surface area contributed by atoms with Gasteiger partial charge in [-0.3, -0.25) is 14.6 Å². The van der Waals surface area contributed by atoms with Crippen molar-refractivity contribution in [3.63, 3.8) is 0 Å². The highest BCUT2D eigenvalue weighted by Crippen LogP contribution is 2.10. The summed E-state index contributed by atoms with van der Waals surface area (Å²) in [5.74, 6) is 0.910. The first-order valence-electron chi connectivity index (χ1n) is 9.00. The van der Waals surface area contributed by atoms with Gasteiger partial charge in [0.25, 0.3) is 5.91 Å². The second-order valence-electron chi connectivity index (χ2n) is 6.65. The Kier molecular flexibility index (Phi) is 7.00. The van der Waals surface area contributed by atoms with Gasteiger partial charge in [0.05, 0.1) is 0 Å². The van der Waals surface area contributed by atoms with Crippen LogP contribution in [-0.4, -0.2) is 67.8 Å². The maximum Gasteiger partial charge on any atom is 0.253 e. The number of rotatable bonds is 5. The SMILES string of the molecule is CCC(=O)N1CCC(NC(=NC)NCc2ccc(C(=O)N(C)C)cc2)C1. The molecule has 26 heavy (non-hydrogen) atoms. The molecule has 0 aromatic heterocycles. The van der Waals surface area contributed by atoms with Gasteiger partial charge in [0.1, 0.15) is 0 Å². The number of carbonyl (C=O) groups is 2.